The summed E-state index contributed by atoms with van der Waals surface area (Å²) >= 11 is 0. The Kier molecular flexibility index (Phi) is 6.39. The number of rotatable bonds is 3. The minimum absolute atomic E-state index is 0.0559. The van der Waals surface area contributed by atoms with E-state index < -0.39 is 40.0 Å². The number of hydrogen-bond donors (Lipinski definition) is 1. The van der Waals surface area contributed by atoms with Crippen LogP contribution in [0.2, 0.25) is 0 Å². The van der Waals surface area contributed by atoms with Crippen LogP contribution in [0.15, 0.2) is 17.0 Å². The van der Waals surface area contributed by atoms with Crippen LogP contribution >= 0.6 is 0 Å². The summed E-state index contributed by atoms with van der Waals surface area (Å²) in [7, 11) is -3.76. The van der Waals surface area contributed by atoms with E-state index in [1.54, 1.807) is 26.0 Å². The van der Waals surface area contributed by atoms with Gasteiger partial charge in [-0.2, -0.15) is 17.5 Å². The monoisotopic (exact) mass is 461 g/mol. The first-order chi connectivity index (χ1) is 14.3. The molecule has 0 spiro atoms. The van der Waals surface area contributed by atoms with E-state index >= 15 is 0 Å². The molecule has 2 aliphatic rings. The summed E-state index contributed by atoms with van der Waals surface area (Å²) in [6.45, 7) is 5.63. The van der Waals surface area contributed by atoms with E-state index in [2.05, 4.69) is 0 Å². The summed E-state index contributed by atoms with van der Waals surface area (Å²) < 4.78 is 66.0. The molecule has 2 heterocycles. The second-order valence-corrected chi connectivity index (χ2v) is 10.1. The average Bonchev–Trinajstić information content (AvgIpc) is 2.65. The largest absolute Gasteiger partial charge is 0.408 e. The van der Waals surface area contributed by atoms with E-state index in [0.29, 0.717) is 11.1 Å². The van der Waals surface area contributed by atoms with Crippen LogP contribution < -0.4 is 5.32 Å². The number of piperidine rings is 1. The van der Waals surface area contributed by atoms with Crippen molar-refractivity contribution in [3.8, 4) is 0 Å². The number of halogens is 3. The molecular weight excluding hydrogens is 435 g/mol. The molecule has 2 aliphatic heterocycles. The Bertz CT molecular complexity index is 963. The molecule has 2 saturated heterocycles. The summed E-state index contributed by atoms with van der Waals surface area (Å²) in [6.07, 6.45) is -5.09. The highest BCUT2D eigenvalue weighted by Crippen LogP contribution is 2.30. The second-order valence-electron chi connectivity index (χ2n) is 8.19. The molecule has 31 heavy (non-hydrogen) atoms. The Balaban J connectivity index is 1.66. The number of amides is 2. The van der Waals surface area contributed by atoms with E-state index in [9.17, 15) is 31.2 Å². The highest BCUT2D eigenvalue weighted by molar-refractivity contribution is 7.89. The molecule has 0 saturated carbocycles. The van der Waals surface area contributed by atoms with Gasteiger partial charge in [0.25, 0.3) is 0 Å². The molecule has 3 rings (SSSR count). The molecule has 0 radical (unpaired) electrons. The van der Waals surface area contributed by atoms with Crippen LogP contribution in [0.1, 0.15) is 29.5 Å². The van der Waals surface area contributed by atoms with Crippen LogP contribution in [-0.4, -0.2) is 67.8 Å². The quantitative estimate of drug-likeness (QED) is 0.697. The molecule has 0 aromatic heterocycles. The van der Waals surface area contributed by atoms with Crippen LogP contribution in [0.3, 0.4) is 0 Å². The third-order valence-electron chi connectivity index (χ3n) is 5.82. The van der Waals surface area contributed by atoms with E-state index in [1.165, 1.54) is 9.21 Å². The number of hydrogen-bond acceptors (Lipinski definition) is 4. The molecule has 172 valence electrons. The molecule has 2 amide bonds. The molecule has 2 atom stereocenters. The fourth-order valence-corrected chi connectivity index (χ4v) is 6.20. The normalized spacial score (nSPS) is 23.5. The topological polar surface area (TPSA) is 86.8 Å². The lowest BCUT2D eigenvalue weighted by molar-refractivity contribution is -0.172. The number of carbonyl (C=O) groups is 2. The second kappa shape index (κ2) is 8.42. The van der Waals surface area contributed by atoms with Gasteiger partial charge in [0.05, 0.1) is 4.90 Å². The van der Waals surface area contributed by atoms with E-state index in [0.717, 1.165) is 5.56 Å². The van der Waals surface area contributed by atoms with Gasteiger partial charge in [-0.25, -0.2) is 8.42 Å². The minimum atomic E-state index is -4.55. The maximum absolute atomic E-state index is 13.2. The molecule has 7 nitrogen and oxygen atoms in total. The zero-order valence-electron chi connectivity index (χ0n) is 17.6. The van der Waals surface area contributed by atoms with E-state index in [-0.39, 0.29) is 43.9 Å². The van der Waals surface area contributed by atoms with Crippen molar-refractivity contribution in [2.75, 3.05) is 26.2 Å². The maximum atomic E-state index is 13.2. The summed E-state index contributed by atoms with van der Waals surface area (Å²) in [4.78, 5) is 26.4. The zero-order chi connectivity index (χ0) is 23.1. The first-order valence-corrected chi connectivity index (χ1v) is 11.5. The lowest BCUT2D eigenvalue weighted by Gasteiger charge is -2.37. The lowest BCUT2D eigenvalue weighted by atomic mass is 9.92. The number of aryl methyl sites for hydroxylation is 3. The number of carbonyl (C=O) groups excluding carboxylic acids is 2. The molecule has 0 aliphatic carbocycles. The van der Waals surface area contributed by atoms with Crippen LogP contribution in [0.5, 0.6) is 0 Å². The highest BCUT2D eigenvalue weighted by atomic mass is 32.2. The first kappa shape index (κ1) is 23.5. The predicted octanol–water partition coefficient (Wildman–Crippen LogP) is 1.90. The van der Waals surface area contributed by atoms with Crippen molar-refractivity contribution in [3.05, 3.63) is 28.8 Å². The first-order valence-electron chi connectivity index (χ1n) is 10.1. The Morgan fingerprint density at radius 1 is 1.03 bits per heavy atom. The molecule has 2 unspecified atom stereocenters. The average molecular weight is 462 g/mol. The number of piperazine rings is 1. The fraction of sp³-hybridized carbons (Fsp3) is 0.600. The minimum Gasteiger partial charge on any atom is -0.344 e. The smallest absolute Gasteiger partial charge is 0.344 e. The van der Waals surface area contributed by atoms with Crippen LogP contribution in [0, 0.1) is 26.7 Å². The Labute approximate surface area is 179 Å². The molecule has 11 heteroatoms. The molecular formula is C20H26F3N3O4S. The lowest BCUT2D eigenvalue weighted by Crippen LogP contribution is -2.57. The van der Waals surface area contributed by atoms with Crippen LogP contribution in [-0.2, 0) is 19.6 Å². The Hall–Kier alpha value is -2.14. The van der Waals surface area contributed by atoms with Crippen molar-refractivity contribution in [1.29, 1.82) is 0 Å². The zero-order valence-corrected chi connectivity index (χ0v) is 18.4. The summed E-state index contributed by atoms with van der Waals surface area (Å²) in [6, 6.07) is 1.66. The molecule has 1 aromatic carbocycles. The molecule has 2 fully saturated rings. The summed E-state index contributed by atoms with van der Waals surface area (Å²) in [5.74, 6) is -2.67. The fourth-order valence-electron chi connectivity index (χ4n) is 4.36. The number of benzene rings is 1. The SMILES string of the molecule is Cc1cc(C)c(S(=O)(=O)N2CCN(C(=O)C3CCC(C(F)(F)F)NC3=O)CC2)c(C)c1. The maximum Gasteiger partial charge on any atom is 0.408 e. The number of sulfonamides is 1. The van der Waals surface area contributed by atoms with Crippen molar-refractivity contribution < 1.29 is 31.2 Å². The predicted molar refractivity (Wildman–Crippen MR) is 107 cm³/mol. The van der Waals surface area contributed by atoms with E-state index in [4.69, 9.17) is 0 Å². The third-order valence-corrected chi connectivity index (χ3v) is 8.03. The van der Waals surface area contributed by atoms with E-state index in [1.807, 2.05) is 12.2 Å². The van der Waals surface area contributed by atoms with Gasteiger partial charge in [0, 0.05) is 26.2 Å². The summed E-state index contributed by atoms with van der Waals surface area (Å²) in [5, 5.41) is 1.88. The van der Waals surface area contributed by atoms with Gasteiger partial charge < -0.3 is 10.2 Å². The number of alkyl halides is 3. The van der Waals surface area contributed by atoms with Gasteiger partial charge in [0.2, 0.25) is 21.8 Å². The van der Waals surface area contributed by atoms with Gasteiger partial charge in [-0.15, -0.1) is 0 Å². The van der Waals surface area contributed by atoms with Gasteiger partial charge in [-0.3, -0.25) is 9.59 Å². The highest BCUT2D eigenvalue weighted by Gasteiger charge is 2.47. The van der Waals surface area contributed by atoms with Crippen LogP contribution in [0.4, 0.5) is 13.2 Å². The van der Waals surface area contributed by atoms with Crippen molar-refractivity contribution in [3.63, 3.8) is 0 Å². The summed E-state index contributed by atoms with van der Waals surface area (Å²) in [5.41, 5.74) is 2.26. The van der Waals surface area contributed by atoms with Gasteiger partial charge in [0.1, 0.15) is 12.0 Å². The number of nitrogens with zero attached hydrogens (tertiary/aromatic N) is 2. The molecule has 1 N–H and O–H groups in total. The van der Waals surface area contributed by atoms with Gasteiger partial charge in [0.15, 0.2) is 0 Å². The van der Waals surface area contributed by atoms with Crippen LogP contribution in [0.25, 0.3) is 0 Å². The standard InChI is InChI=1S/C20H26F3N3O4S/c1-12-10-13(2)17(14(3)11-12)31(29,30)26-8-6-25(7-9-26)19(28)15-4-5-16(20(21,22)23)24-18(15)27/h10-11,15-16H,4-9H2,1-3H3,(H,24,27). The van der Waals surface area contributed by atoms with Crippen molar-refractivity contribution >= 4 is 21.8 Å². The van der Waals surface area contributed by atoms with Gasteiger partial charge in [-0.05, 0) is 44.7 Å². The Morgan fingerprint density at radius 2 is 1.58 bits per heavy atom. The van der Waals surface area contributed by atoms with Crippen molar-refractivity contribution in [1.82, 2.24) is 14.5 Å². The Morgan fingerprint density at radius 3 is 2.06 bits per heavy atom. The molecule has 1 aromatic rings. The van der Waals surface area contributed by atoms with Crippen molar-refractivity contribution in [2.45, 2.75) is 50.7 Å². The van der Waals surface area contributed by atoms with Crippen molar-refractivity contribution in [2.24, 2.45) is 5.92 Å². The van der Waals surface area contributed by atoms with Gasteiger partial charge in [-0.1, -0.05) is 17.7 Å². The molecule has 0 bridgehead atoms. The van der Waals surface area contributed by atoms with Gasteiger partial charge >= 0.3 is 6.18 Å². The number of nitrogens with one attached hydrogen (secondary N) is 1. The third kappa shape index (κ3) is 4.72.